The van der Waals surface area contributed by atoms with Gasteiger partial charge >= 0.3 is 0 Å². The number of carbonyl (C=O) groups is 1. The summed E-state index contributed by atoms with van der Waals surface area (Å²) in [7, 11) is 0. The van der Waals surface area contributed by atoms with Crippen LogP contribution in [-0.2, 0) is 4.79 Å². The van der Waals surface area contributed by atoms with Crippen LogP contribution in [0, 0.1) is 17.0 Å². The Labute approximate surface area is 110 Å². The van der Waals surface area contributed by atoms with Crippen molar-refractivity contribution in [2.24, 2.45) is 0 Å². The second kappa shape index (κ2) is 6.96. The molecular weight excluding hydrogens is 256 g/mol. The number of benzene rings is 1. The summed E-state index contributed by atoms with van der Waals surface area (Å²) in [6.07, 6.45) is 1.94. The van der Waals surface area contributed by atoms with Crippen molar-refractivity contribution in [2.45, 2.75) is 26.2 Å². The molecule has 0 bridgehead atoms. The van der Waals surface area contributed by atoms with Crippen molar-refractivity contribution < 1.29 is 9.72 Å². The Morgan fingerprint density at radius 3 is 2.72 bits per heavy atom. The lowest BCUT2D eigenvalue weighted by Gasteiger charge is -2.07. The average Bonchev–Trinajstić information content (AvgIpc) is 2.32. The summed E-state index contributed by atoms with van der Waals surface area (Å²) in [5, 5.41) is 13.3. The van der Waals surface area contributed by atoms with Crippen molar-refractivity contribution in [3.63, 3.8) is 0 Å². The van der Waals surface area contributed by atoms with Gasteiger partial charge in [-0.2, -0.15) is 0 Å². The van der Waals surface area contributed by atoms with Gasteiger partial charge in [-0.3, -0.25) is 14.9 Å². The van der Waals surface area contributed by atoms with Crippen molar-refractivity contribution >= 4 is 28.9 Å². The van der Waals surface area contributed by atoms with Gasteiger partial charge in [-0.1, -0.05) is 0 Å². The van der Waals surface area contributed by atoms with Crippen LogP contribution in [0.25, 0.3) is 0 Å². The number of carbonyl (C=O) groups excluding carboxylic acids is 1. The number of alkyl halides is 1. The molecule has 0 unspecified atom stereocenters. The van der Waals surface area contributed by atoms with Gasteiger partial charge in [-0.15, -0.1) is 11.6 Å². The van der Waals surface area contributed by atoms with E-state index in [4.69, 9.17) is 11.6 Å². The molecule has 0 aliphatic carbocycles. The highest BCUT2D eigenvalue weighted by atomic mass is 35.5. The zero-order valence-corrected chi connectivity index (χ0v) is 10.9. The molecule has 1 rings (SSSR count). The Hall–Kier alpha value is -1.62. The molecule has 0 fully saturated rings. The Morgan fingerprint density at radius 1 is 1.44 bits per heavy atom. The standard InChI is InChI=1S/C12H15ClN2O3/c1-9-8-10(15(17)18)5-6-11(9)14-12(16)4-2-3-7-13/h5-6,8H,2-4,7H2,1H3,(H,14,16). The molecule has 0 aromatic heterocycles. The topological polar surface area (TPSA) is 72.2 Å². The third-order valence-electron chi connectivity index (χ3n) is 2.48. The van der Waals surface area contributed by atoms with Gasteiger partial charge in [0, 0.05) is 30.1 Å². The fourth-order valence-electron chi connectivity index (χ4n) is 1.49. The van der Waals surface area contributed by atoms with Crippen LogP contribution >= 0.6 is 11.6 Å². The number of unbranched alkanes of at least 4 members (excludes halogenated alkanes) is 1. The van der Waals surface area contributed by atoms with Crippen LogP contribution < -0.4 is 5.32 Å². The number of nitrogens with zero attached hydrogens (tertiary/aromatic N) is 1. The Morgan fingerprint density at radius 2 is 2.17 bits per heavy atom. The molecule has 6 heteroatoms. The maximum Gasteiger partial charge on any atom is 0.269 e. The quantitative estimate of drug-likeness (QED) is 0.373. The average molecular weight is 271 g/mol. The minimum absolute atomic E-state index is 0.0210. The summed E-state index contributed by atoms with van der Waals surface area (Å²) in [5.41, 5.74) is 1.30. The molecule has 0 saturated heterocycles. The summed E-state index contributed by atoms with van der Waals surface area (Å²) in [5.74, 6) is 0.446. The van der Waals surface area contributed by atoms with Crippen LogP contribution in [0.1, 0.15) is 24.8 Å². The second-order valence-electron chi connectivity index (χ2n) is 3.95. The molecule has 0 heterocycles. The van der Waals surface area contributed by atoms with Crippen molar-refractivity contribution in [3.05, 3.63) is 33.9 Å². The van der Waals surface area contributed by atoms with Crippen molar-refractivity contribution in [3.8, 4) is 0 Å². The molecule has 18 heavy (non-hydrogen) atoms. The molecule has 5 nitrogen and oxygen atoms in total. The van der Waals surface area contributed by atoms with E-state index in [0.29, 0.717) is 23.6 Å². The minimum Gasteiger partial charge on any atom is -0.326 e. The van der Waals surface area contributed by atoms with E-state index >= 15 is 0 Å². The van der Waals surface area contributed by atoms with E-state index in [1.807, 2.05) is 0 Å². The molecule has 1 amide bonds. The Balaban J connectivity index is 2.62. The fourth-order valence-corrected chi connectivity index (χ4v) is 1.68. The number of aryl methyl sites for hydroxylation is 1. The maximum absolute atomic E-state index is 11.6. The molecule has 0 aliphatic rings. The van der Waals surface area contributed by atoms with E-state index in [1.165, 1.54) is 12.1 Å². The number of amides is 1. The van der Waals surface area contributed by atoms with E-state index in [2.05, 4.69) is 5.32 Å². The summed E-state index contributed by atoms with van der Waals surface area (Å²) in [4.78, 5) is 21.7. The first-order valence-corrected chi connectivity index (χ1v) is 6.19. The molecule has 0 atom stereocenters. The van der Waals surface area contributed by atoms with E-state index in [9.17, 15) is 14.9 Å². The first kappa shape index (κ1) is 14.4. The minimum atomic E-state index is -0.459. The number of nitro groups is 1. The molecule has 0 aliphatic heterocycles. The predicted molar refractivity (Wildman–Crippen MR) is 71.0 cm³/mol. The van der Waals surface area contributed by atoms with E-state index in [1.54, 1.807) is 13.0 Å². The number of anilines is 1. The van der Waals surface area contributed by atoms with Crippen LogP contribution in [0.4, 0.5) is 11.4 Å². The van der Waals surface area contributed by atoms with Crippen LogP contribution in [0.15, 0.2) is 18.2 Å². The first-order chi connectivity index (χ1) is 8.54. The lowest BCUT2D eigenvalue weighted by Crippen LogP contribution is -2.12. The molecule has 0 saturated carbocycles. The zero-order chi connectivity index (χ0) is 13.5. The predicted octanol–water partition coefficient (Wildman–Crippen LogP) is 3.25. The maximum atomic E-state index is 11.6. The molecule has 98 valence electrons. The molecule has 1 N–H and O–H groups in total. The molecule has 1 aromatic carbocycles. The molecule has 1 aromatic rings. The fraction of sp³-hybridized carbons (Fsp3) is 0.417. The number of nitro benzene ring substituents is 1. The number of rotatable bonds is 6. The van der Waals surface area contributed by atoms with E-state index in [-0.39, 0.29) is 11.6 Å². The van der Waals surface area contributed by atoms with Crippen LogP contribution in [0.2, 0.25) is 0 Å². The summed E-state index contributed by atoms with van der Waals surface area (Å²) in [6, 6.07) is 4.36. The van der Waals surface area contributed by atoms with E-state index < -0.39 is 4.92 Å². The van der Waals surface area contributed by atoms with Gasteiger partial charge in [-0.05, 0) is 31.4 Å². The normalized spacial score (nSPS) is 10.1. The molecular formula is C12H15ClN2O3. The SMILES string of the molecule is Cc1cc([N+](=O)[O-])ccc1NC(=O)CCCCCl. The Kier molecular flexibility index (Phi) is 5.58. The number of halogens is 1. The lowest BCUT2D eigenvalue weighted by atomic mass is 10.1. The number of hydrogen-bond acceptors (Lipinski definition) is 3. The van der Waals surface area contributed by atoms with Gasteiger partial charge in [0.05, 0.1) is 4.92 Å². The molecule has 0 spiro atoms. The van der Waals surface area contributed by atoms with Gasteiger partial charge in [0.1, 0.15) is 0 Å². The van der Waals surface area contributed by atoms with Gasteiger partial charge in [0.25, 0.3) is 5.69 Å². The summed E-state index contributed by atoms with van der Waals surface area (Å²) in [6.45, 7) is 1.72. The van der Waals surface area contributed by atoms with Crippen LogP contribution in [-0.4, -0.2) is 16.7 Å². The number of hydrogen-bond donors (Lipinski definition) is 1. The summed E-state index contributed by atoms with van der Waals surface area (Å²) >= 11 is 5.52. The number of non-ortho nitro benzene ring substituents is 1. The van der Waals surface area contributed by atoms with Gasteiger partial charge < -0.3 is 5.32 Å². The van der Waals surface area contributed by atoms with Crippen LogP contribution in [0.3, 0.4) is 0 Å². The third kappa shape index (κ3) is 4.33. The number of nitrogens with one attached hydrogen (secondary N) is 1. The second-order valence-corrected chi connectivity index (χ2v) is 4.33. The highest BCUT2D eigenvalue weighted by molar-refractivity contribution is 6.17. The third-order valence-corrected chi connectivity index (χ3v) is 2.75. The first-order valence-electron chi connectivity index (χ1n) is 5.65. The zero-order valence-electron chi connectivity index (χ0n) is 10.1. The van der Waals surface area contributed by atoms with Gasteiger partial charge in [0.2, 0.25) is 5.91 Å². The monoisotopic (exact) mass is 270 g/mol. The summed E-state index contributed by atoms with van der Waals surface area (Å²) < 4.78 is 0. The van der Waals surface area contributed by atoms with Gasteiger partial charge in [0.15, 0.2) is 0 Å². The molecule has 0 radical (unpaired) electrons. The highest BCUT2D eigenvalue weighted by Gasteiger charge is 2.09. The van der Waals surface area contributed by atoms with Crippen LogP contribution in [0.5, 0.6) is 0 Å². The van der Waals surface area contributed by atoms with Crippen molar-refractivity contribution in [1.82, 2.24) is 0 Å². The van der Waals surface area contributed by atoms with E-state index in [0.717, 1.165) is 12.8 Å². The Bertz CT molecular complexity index is 449. The largest absolute Gasteiger partial charge is 0.326 e. The van der Waals surface area contributed by atoms with Crippen molar-refractivity contribution in [1.29, 1.82) is 0 Å². The highest BCUT2D eigenvalue weighted by Crippen LogP contribution is 2.21. The lowest BCUT2D eigenvalue weighted by molar-refractivity contribution is -0.384. The van der Waals surface area contributed by atoms with Gasteiger partial charge in [-0.25, -0.2) is 0 Å². The van der Waals surface area contributed by atoms with Crippen molar-refractivity contribution in [2.75, 3.05) is 11.2 Å². The smallest absolute Gasteiger partial charge is 0.269 e.